The number of aromatic nitrogens is 6. The van der Waals surface area contributed by atoms with Crippen molar-refractivity contribution < 1.29 is 13.9 Å². The molecule has 10 heteroatoms. The number of methoxy groups -OCH3 is 2. The van der Waals surface area contributed by atoms with Crippen LogP contribution in [0.4, 0.5) is 10.2 Å². The van der Waals surface area contributed by atoms with E-state index in [4.69, 9.17) is 9.47 Å². The van der Waals surface area contributed by atoms with Gasteiger partial charge in [0.15, 0.2) is 5.65 Å². The molecule has 0 radical (unpaired) electrons. The predicted molar refractivity (Wildman–Crippen MR) is 94.1 cm³/mol. The van der Waals surface area contributed by atoms with Crippen LogP contribution in [0.2, 0.25) is 0 Å². The maximum atomic E-state index is 14.7. The topological polar surface area (TPSA) is 91.1 Å². The first-order valence-corrected chi connectivity index (χ1v) is 8.56. The molecule has 1 saturated heterocycles. The van der Waals surface area contributed by atoms with Gasteiger partial charge in [-0.15, -0.1) is 5.10 Å². The fourth-order valence-corrected chi connectivity index (χ4v) is 3.90. The lowest BCUT2D eigenvalue weighted by molar-refractivity contribution is 0.286. The zero-order valence-electron chi connectivity index (χ0n) is 15.2. The molecule has 1 aliphatic carbocycles. The maximum Gasteiger partial charge on any atom is 0.319 e. The predicted octanol–water partition coefficient (Wildman–Crippen LogP) is 1.56. The van der Waals surface area contributed by atoms with Crippen LogP contribution in [-0.2, 0) is 0 Å². The highest BCUT2D eigenvalue weighted by atomic mass is 19.1. The van der Waals surface area contributed by atoms with Crippen molar-refractivity contribution in [1.82, 2.24) is 29.7 Å². The van der Waals surface area contributed by atoms with Gasteiger partial charge < -0.3 is 14.4 Å². The fourth-order valence-electron chi connectivity index (χ4n) is 3.90. The monoisotopic (exact) mass is 371 g/mol. The molecule has 0 bridgehead atoms. The van der Waals surface area contributed by atoms with Crippen molar-refractivity contribution in [2.75, 3.05) is 32.2 Å². The van der Waals surface area contributed by atoms with Gasteiger partial charge in [0, 0.05) is 18.2 Å². The van der Waals surface area contributed by atoms with Crippen LogP contribution in [0.15, 0.2) is 18.7 Å². The molecule has 4 heterocycles. The second-order valence-corrected chi connectivity index (χ2v) is 7.32. The lowest BCUT2D eigenvalue weighted by atomic mass is 10.1. The Balaban J connectivity index is 1.57. The molecule has 2 unspecified atom stereocenters. The summed E-state index contributed by atoms with van der Waals surface area (Å²) >= 11 is 0. The van der Waals surface area contributed by atoms with Crippen LogP contribution in [0.1, 0.15) is 13.3 Å². The van der Waals surface area contributed by atoms with Gasteiger partial charge in [0.1, 0.15) is 23.5 Å². The van der Waals surface area contributed by atoms with E-state index in [0.29, 0.717) is 42.5 Å². The summed E-state index contributed by atoms with van der Waals surface area (Å²) in [4.78, 5) is 18.9. The second-order valence-electron chi connectivity index (χ2n) is 7.32. The van der Waals surface area contributed by atoms with Crippen molar-refractivity contribution in [3.8, 4) is 17.6 Å². The zero-order valence-corrected chi connectivity index (χ0v) is 15.2. The Bertz CT molecular complexity index is 1040. The second kappa shape index (κ2) is 5.24. The van der Waals surface area contributed by atoms with Crippen molar-refractivity contribution in [2.24, 2.45) is 5.41 Å². The maximum absolute atomic E-state index is 14.7. The van der Waals surface area contributed by atoms with Gasteiger partial charge in [0.05, 0.1) is 32.3 Å². The summed E-state index contributed by atoms with van der Waals surface area (Å²) in [5, 5.41) is 5.23. The highest BCUT2D eigenvalue weighted by Gasteiger charge is 2.71. The van der Waals surface area contributed by atoms with Crippen molar-refractivity contribution in [2.45, 2.75) is 19.0 Å². The highest BCUT2D eigenvalue weighted by Crippen LogP contribution is 2.64. The van der Waals surface area contributed by atoms with E-state index in [1.54, 1.807) is 17.1 Å². The van der Waals surface area contributed by atoms with Crippen molar-refractivity contribution in [1.29, 1.82) is 0 Å². The molecule has 9 nitrogen and oxygen atoms in total. The molecule has 0 spiro atoms. The molecule has 140 valence electrons. The number of alkyl halides is 1. The third-order valence-corrected chi connectivity index (χ3v) is 5.54. The SMILES string of the molecule is COc1ncc(-n2cc3c(N4CC5(C)CC5(F)C4)ncnc3n2)c(OC)n1. The van der Waals surface area contributed by atoms with E-state index in [2.05, 4.69) is 25.0 Å². The van der Waals surface area contributed by atoms with E-state index in [1.807, 2.05) is 11.8 Å². The van der Waals surface area contributed by atoms with Crippen molar-refractivity contribution in [3.05, 3.63) is 18.7 Å². The van der Waals surface area contributed by atoms with Crippen LogP contribution in [-0.4, -0.2) is 62.7 Å². The number of hydrogen-bond donors (Lipinski definition) is 0. The average Bonchev–Trinajstić information content (AvgIpc) is 2.98. The zero-order chi connectivity index (χ0) is 18.8. The van der Waals surface area contributed by atoms with Gasteiger partial charge in [-0.25, -0.2) is 24.0 Å². The Hall–Kier alpha value is -3.04. The summed E-state index contributed by atoms with van der Waals surface area (Å²) in [6.45, 7) is 2.96. The first kappa shape index (κ1) is 16.2. The first-order valence-electron chi connectivity index (χ1n) is 8.56. The number of fused-ring (bicyclic) bond motifs is 2. The Kier molecular flexibility index (Phi) is 3.14. The number of nitrogens with zero attached hydrogens (tertiary/aromatic N) is 7. The molecular formula is C17H18FN7O2. The van der Waals surface area contributed by atoms with Gasteiger partial charge in [-0.3, -0.25) is 0 Å². The number of anilines is 1. The molecule has 1 saturated carbocycles. The number of halogens is 1. The van der Waals surface area contributed by atoms with E-state index in [1.165, 1.54) is 20.5 Å². The largest absolute Gasteiger partial charge is 0.479 e. The molecule has 2 fully saturated rings. The third-order valence-electron chi connectivity index (χ3n) is 5.54. The van der Waals surface area contributed by atoms with Gasteiger partial charge in [-0.2, -0.15) is 4.98 Å². The number of rotatable bonds is 4. The van der Waals surface area contributed by atoms with E-state index >= 15 is 0 Å². The molecule has 27 heavy (non-hydrogen) atoms. The number of hydrogen-bond acceptors (Lipinski definition) is 8. The minimum atomic E-state index is -1.12. The smallest absolute Gasteiger partial charge is 0.319 e. The van der Waals surface area contributed by atoms with Crippen molar-refractivity contribution in [3.63, 3.8) is 0 Å². The van der Waals surface area contributed by atoms with Gasteiger partial charge in [0.2, 0.25) is 5.88 Å². The first-order chi connectivity index (χ1) is 13.0. The Morgan fingerprint density at radius 3 is 2.70 bits per heavy atom. The van der Waals surface area contributed by atoms with Crippen LogP contribution in [0.25, 0.3) is 16.7 Å². The van der Waals surface area contributed by atoms with Crippen molar-refractivity contribution >= 4 is 16.9 Å². The summed E-state index contributed by atoms with van der Waals surface area (Å²) in [6.07, 6.45) is 5.42. The van der Waals surface area contributed by atoms with Gasteiger partial charge >= 0.3 is 6.01 Å². The molecule has 1 aliphatic heterocycles. The van der Waals surface area contributed by atoms with Gasteiger partial charge in [-0.1, -0.05) is 6.92 Å². The summed E-state index contributed by atoms with van der Waals surface area (Å²) in [5.41, 5.74) is -0.349. The van der Waals surface area contributed by atoms with Gasteiger partial charge in [-0.05, 0) is 6.42 Å². The van der Waals surface area contributed by atoms with Crippen LogP contribution in [0, 0.1) is 5.41 Å². The van der Waals surface area contributed by atoms with E-state index in [0.717, 1.165) is 5.39 Å². The Morgan fingerprint density at radius 2 is 2.00 bits per heavy atom. The standard InChI is InChI=1S/C17H18FN7O2/c1-16-6-17(16,18)8-24(7-16)13-10-5-25(23-12(10)20-9-21-13)11-4-19-15(27-3)22-14(11)26-2/h4-5,9H,6-8H2,1-3H3. The average molecular weight is 371 g/mol. The summed E-state index contributed by atoms with van der Waals surface area (Å²) < 4.78 is 26.6. The third kappa shape index (κ3) is 2.25. The molecule has 3 aromatic heterocycles. The molecule has 0 aromatic carbocycles. The molecule has 2 atom stereocenters. The minimum Gasteiger partial charge on any atom is -0.479 e. The summed E-state index contributed by atoms with van der Waals surface area (Å²) in [7, 11) is 2.99. The van der Waals surface area contributed by atoms with E-state index in [-0.39, 0.29) is 11.4 Å². The molecular weight excluding hydrogens is 353 g/mol. The molecule has 5 rings (SSSR count). The lowest BCUT2D eigenvalue weighted by Gasteiger charge is -2.20. The van der Waals surface area contributed by atoms with Gasteiger partial charge in [0.25, 0.3) is 0 Å². The molecule has 0 N–H and O–H groups in total. The quantitative estimate of drug-likeness (QED) is 0.682. The molecule has 3 aromatic rings. The lowest BCUT2D eigenvalue weighted by Crippen LogP contribution is -2.26. The normalized spacial score (nSPS) is 26.3. The minimum absolute atomic E-state index is 0.200. The van der Waals surface area contributed by atoms with E-state index < -0.39 is 5.67 Å². The summed E-state index contributed by atoms with van der Waals surface area (Å²) in [6, 6.07) is 0.200. The number of ether oxygens (including phenoxy) is 2. The Morgan fingerprint density at radius 1 is 1.15 bits per heavy atom. The van der Waals surface area contributed by atoms with Crippen LogP contribution in [0.5, 0.6) is 11.9 Å². The molecule has 2 aliphatic rings. The number of piperidine rings is 1. The Labute approximate surface area is 154 Å². The van der Waals surface area contributed by atoms with Crippen LogP contribution >= 0.6 is 0 Å². The molecule has 0 amide bonds. The summed E-state index contributed by atoms with van der Waals surface area (Å²) in [5.74, 6) is 1.01. The van der Waals surface area contributed by atoms with E-state index in [9.17, 15) is 4.39 Å². The van der Waals surface area contributed by atoms with Crippen LogP contribution in [0.3, 0.4) is 0 Å². The highest BCUT2D eigenvalue weighted by molar-refractivity contribution is 5.87. The fraction of sp³-hybridized carbons (Fsp3) is 0.471. The van der Waals surface area contributed by atoms with Crippen LogP contribution < -0.4 is 14.4 Å².